The second kappa shape index (κ2) is 7.19. The van der Waals surface area contributed by atoms with Crippen LogP contribution in [-0.2, 0) is 16.1 Å². The van der Waals surface area contributed by atoms with E-state index in [1.807, 2.05) is 0 Å². The molecule has 2 rings (SSSR count). The number of hydrogen-bond acceptors (Lipinski definition) is 6. The van der Waals surface area contributed by atoms with Gasteiger partial charge in [0.05, 0.1) is 31.1 Å². The third kappa shape index (κ3) is 3.90. The summed E-state index contributed by atoms with van der Waals surface area (Å²) in [6, 6.07) is 0. The van der Waals surface area contributed by atoms with Gasteiger partial charge in [0, 0.05) is 19.6 Å². The number of esters is 1. The lowest BCUT2D eigenvalue weighted by molar-refractivity contribution is -0.144. The molecule has 1 aromatic rings. The summed E-state index contributed by atoms with van der Waals surface area (Å²) < 4.78 is 4.78. The van der Waals surface area contributed by atoms with Crippen LogP contribution in [0.5, 0.6) is 0 Å². The predicted octanol–water partition coefficient (Wildman–Crippen LogP) is 1.29. The maximum absolute atomic E-state index is 11.5. The number of nitrogens with one attached hydrogen (secondary N) is 1. The second-order valence-corrected chi connectivity index (χ2v) is 5.06. The third-order valence-electron chi connectivity index (χ3n) is 3.45. The van der Waals surface area contributed by atoms with Crippen molar-refractivity contribution in [1.82, 2.24) is 14.9 Å². The Morgan fingerprint density at radius 2 is 2.35 bits per heavy atom. The molecule has 0 radical (unpaired) electrons. The van der Waals surface area contributed by atoms with Gasteiger partial charge in [-0.25, -0.2) is 4.98 Å². The molecule has 1 aliphatic heterocycles. The zero-order valence-corrected chi connectivity index (χ0v) is 12.1. The number of ether oxygens (including phenoxy) is 1. The highest BCUT2D eigenvalue weighted by atomic mass is 16.5. The van der Waals surface area contributed by atoms with E-state index in [1.165, 1.54) is 7.11 Å². The molecule has 0 spiro atoms. The molecule has 6 nitrogen and oxygen atoms in total. The van der Waals surface area contributed by atoms with Crippen molar-refractivity contribution >= 4 is 11.8 Å². The smallest absolute Gasteiger partial charge is 0.310 e. The highest BCUT2D eigenvalue weighted by molar-refractivity contribution is 5.72. The SMILES string of the molecule is CCCNc1cnc(CN2CCC(C(=O)OC)C2)cn1. The van der Waals surface area contributed by atoms with E-state index >= 15 is 0 Å². The van der Waals surface area contributed by atoms with Gasteiger partial charge in [-0.1, -0.05) is 6.92 Å². The molecule has 1 unspecified atom stereocenters. The molecule has 0 aliphatic carbocycles. The molecule has 6 heteroatoms. The van der Waals surface area contributed by atoms with E-state index in [0.717, 1.165) is 50.5 Å². The molecule has 0 aromatic carbocycles. The van der Waals surface area contributed by atoms with Crippen molar-refractivity contribution in [1.29, 1.82) is 0 Å². The van der Waals surface area contributed by atoms with Gasteiger partial charge in [-0.15, -0.1) is 0 Å². The van der Waals surface area contributed by atoms with Gasteiger partial charge in [0.15, 0.2) is 0 Å². The average Bonchev–Trinajstić information content (AvgIpc) is 2.94. The molecule has 1 aromatic heterocycles. The minimum Gasteiger partial charge on any atom is -0.469 e. The summed E-state index contributed by atoms with van der Waals surface area (Å²) in [6.07, 6.45) is 5.48. The van der Waals surface area contributed by atoms with Gasteiger partial charge < -0.3 is 10.1 Å². The molecule has 1 N–H and O–H groups in total. The lowest BCUT2D eigenvalue weighted by Gasteiger charge is -2.14. The second-order valence-electron chi connectivity index (χ2n) is 5.06. The van der Waals surface area contributed by atoms with Crippen LogP contribution >= 0.6 is 0 Å². The molecule has 1 fully saturated rings. The van der Waals surface area contributed by atoms with Crippen LogP contribution in [0.25, 0.3) is 0 Å². The summed E-state index contributed by atoms with van der Waals surface area (Å²) in [7, 11) is 1.44. The quantitative estimate of drug-likeness (QED) is 0.791. The number of rotatable bonds is 6. The molecule has 20 heavy (non-hydrogen) atoms. The van der Waals surface area contributed by atoms with Crippen LogP contribution in [0.15, 0.2) is 12.4 Å². The number of anilines is 1. The monoisotopic (exact) mass is 278 g/mol. The van der Waals surface area contributed by atoms with E-state index in [1.54, 1.807) is 12.4 Å². The highest BCUT2D eigenvalue weighted by Gasteiger charge is 2.28. The van der Waals surface area contributed by atoms with Gasteiger partial charge in [0.1, 0.15) is 5.82 Å². The molecule has 0 bridgehead atoms. The maximum atomic E-state index is 11.5. The Labute approximate surface area is 119 Å². The fourth-order valence-electron chi connectivity index (χ4n) is 2.35. The Morgan fingerprint density at radius 3 is 3.00 bits per heavy atom. The van der Waals surface area contributed by atoms with Crippen LogP contribution in [0.2, 0.25) is 0 Å². The van der Waals surface area contributed by atoms with Crippen molar-refractivity contribution in [3.63, 3.8) is 0 Å². The molecule has 110 valence electrons. The normalized spacial score (nSPS) is 19.0. The Bertz CT molecular complexity index is 435. The molecule has 1 saturated heterocycles. The number of nitrogens with zero attached hydrogens (tertiary/aromatic N) is 3. The Morgan fingerprint density at radius 1 is 1.50 bits per heavy atom. The van der Waals surface area contributed by atoms with Crippen LogP contribution < -0.4 is 5.32 Å². The van der Waals surface area contributed by atoms with Crippen molar-refractivity contribution in [2.24, 2.45) is 5.92 Å². The summed E-state index contributed by atoms with van der Waals surface area (Å²) in [5.41, 5.74) is 0.928. The summed E-state index contributed by atoms with van der Waals surface area (Å²) in [6.45, 7) is 5.39. The fraction of sp³-hybridized carbons (Fsp3) is 0.643. The van der Waals surface area contributed by atoms with Crippen LogP contribution in [0.1, 0.15) is 25.5 Å². The molecule has 0 amide bonds. The summed E-state index contributed by atoms with van der Waals surface area (Å²) in [5.74, 6) is 0.695. The zero-order chi connectivity index (χ0) is 14.4. The molecular formula is C14H22N4O2. The topological polar surface area (TPSA) is 67.4 Å². The number of aromatic nitrogens is 2. The van der Waals surface area contributed by atoms with E-state index in [0.29, 0.717) is 0 Å². The number of carbonyl (C=O) groups excluding carboxylic acids is 1. The van der Waals surface area contributed by atoms with Gasteiger partial charge >= 0.3 is 5.97 Å². The largest absolute Gasteiger partial charge is 0.469 e. The maximum Gasteiger partial charge on any atom is 0.310 e. The van der Waals surface area contributed by atoms with Crippen LogP contribution in [0.3, 0.4) is 0 Å². The summed E-state index contributed by atoms with van der Waals surface area (Å²) in [5, 5.41) is 3.20. The first-order chi connectivity index (χ1) is 9.72. The number of hydrogen-bond donors (Lipinski definition) is 1. The average molecular weight is 278 g/mol. The van der Waals surface area contributed by atoms with Crippen LogP contribution in [-0.4, -0.2) is 47.6 Å². The first kappa shape index (κ1) is 14.7. The Hall–Kier alpha value is -1.69. The first-order valence-corrected chi connectivity index (χ1v) is 7.08. The Balaban J connectivity index is 1.83. The molecule has 0 saturated carbocycles. The van der Waals surface area contributed by atoms with Crippen molar-refractivity contribution < 1.29 is 9.53 Å². The fourth-order valence-corrected chi connectivity index (χ4v) is 2.35. The van der Waals surface area contributed by atoms with Gasteiger partial charge in [-0.2, -0.15) is 0 Å². The lowest BCUT2D eigenvalue weighted by Crippen LogP contribution is -2.24. The van der Waals surface area contributed by atoms with E-state index in [9.17, 15) is 4.79 Å². The minimum absolute atomic E-state index is 0.00143. The van der Waals surface area contributed by atoms with E-state index in [2.05, 4.69) is 27.1 Å². The standard InChI is InChI=1S/C14H22N4O2/c1-3-5-15-13-8-16-12(7-17-13)10-18-6-4-11(9-18)14(19)20-2/h7-8,11H,3-6,9-10H2,1-2H3,(H,15,17). The third-order valence-corrected chi connectivity index (χ3v) is 3.45. The van der Waals surface area contributed by atoms with Crippen LogP contribution in [0, 0.1) is 5.92 Å². The Kier molecular flexibility index (Phi) is 5.29. The van der Waals surface area contributed by atoms with Crippen molar-refractivity contribution in [3.05, 3.63) is 18.1 Å². The molecular weight excluding hydrogens is 256 g/mol. The van der Waals surface area contributed by atoms with E-state index in [-0.39, 0.29) is 11.9 Å². The van der Waals surface area contributed by atoms with Gasteiger partial charge in [-0.3, -0.25) is 14.7 Å². The van der Waals surface area contributed by atoms with Crippen molar-refractivity contribution in [3.8, 4) is 0 Å². The van der Waals surface area contributed by atoms with E-state index in [4.69, 9.17) is 4.74 Å². The van der Waals surface area contributed by atoms with Crippen molar-refractivity contribution in [2.45, 2.75) is 26.3 Å². The summed E-state index contributed by atoms with van der Waals surface area (Å²) in [4.78, 5) is 22.4. The highest BCUT2D eigenvalue weighted by Crippen LogP contribution is 2.19. The van der Waals surface area contributed by atoms with E-state index < -0.39 is 0 Å². The van der Waals surface area contributed by atoms with Gasteiger partial charge in [0.25, 0.3) is 0 Å². The minimum atomic E-state index is -0.113. The summed E-state index contributed by atoms with van der Waals surface area (Å²) >= 11 is 0. The number of likely N-dealkylation sites (tertiary alicyclic amines) is 1. The number of carbonyl (C=O) groups is 1. The lowest BCUT2D eigenvalue weighted by atomic mass is 10.1. The number of methoxy groups -OCH3 is 1. The molecule has 1 aliphatic rings. The molecule has 1 atom stereocenters. The van der Waals surface area contributed by atoms with Gasteiger partial charge in [-0.05, 0) is 19.4 Å². The van der Waals surface area contributed by atoms with Crippen molar-refractivity contribution in [2.75, 3.05) is 32.1 Å². The van der Waals surface area contributed by atoms with Crippen LogP contribution in [0.4, 0.5) is 5.82 Å². The first-order valence-electron chi connectivity index (χ1n) is 7.08. The predicted molar refractivity (Wildman–Crippen MR) is 76.2 cm³/mol. The molecule has 2 heterocycles. The van der Waals surface area contributed by atoms with Gasteiger partial charge in [0.2, 0.25) is 0 Å². The zero-order valence-electron chi connectivity index (χ0n) is 12.1.